The molecule has 0 aromatic carbocycles. The number of hydrogen-bond donors (Lipinski definition) is 2. The van der Waals surface area contributed by atoms with Gasteiger partial charge in [-0.3, -0.25) is 4.79 Å². The minimum absolute atomic E-state index is 0.0387. The van der Waals surface area contributed by atoms with E-state index in [-0.39, 0.29) is 6.03 Å². The van der Waals surface area contributed by atoms with Crippen molar-refractivity contribution >= 4 is 12.0 Å². The lowest BCUT2D eigenvalue weighted by molar-refractivity contribution is -0.151. The van der Waals surface area contributed by atoms with Gasteiger partial charge in [-0.05, 0) is 37.5 Å². The molecule has 2 N–H and O–H groups in total. The molecule has 1 heterocycles. The van der Waals surface area contributed by atoms with E-state index in [0.29, 0.717) is 37.8 Å². The molecule has 0 atom stereocenters. The largest absolute Gasteiger partial charge is 0.481 e. The highest BCUT2D eigenvalue weighted by Crippen LogP contribution is 2.44. The maximum atomic E-state index is 12.0. The van der Waals surface area contributed by atoms with Crippen molar-refractivity contribution in [3.8, 4) is 0 Å². The van der Waals surface area contributed by atoms with Crippen LogP contribution in [0.25, 0.3) is 0 Å². The van der Waals surface area contributed by atoms with Crippen molar-refractivity contribution in [2.24, 2.45) is 10.8 Å². The maximum Gasteiger partial charge on any atom is 0.317 e. The summed E-state index contributed by atoms with van der Waals surface area (Å²) in [5.74, 6) is -0.722. The van der Waals surface area contributed by atoms with E-state index >= 15 is 0 Å². The highest BCUT2D eigenvalue weighted by molar-refractivity contribution is 5.77. The number of amides is 2. The second-order valence-corrected chi connectivity index (χ2v) is 6.40. The number of nitrogens with one attached hydrogen (secondary N) is 1. The van der Waals surface area contributed by atoms with Crippen LogP contribution >= 0.6 is 0 Å². The van der Waals surface area contributed by atoms with E-state index in [0.717, 1.165) is 6.54 Å². The first-order chi connectivity index (χ1) is 8.91. The van der Waals surface area contributed by atoms with E-state index in [1.807, 2.05) is 6.92 Å². The molecular formula is C14H24N2O3. The number of carbonyl (C=O) groups is 2. The fourth-order valence-corrected chi connectivity index (χ4v) is 2.65. The summed E-state index contributed by atoms with van der Waals surface area (Å²) in [6.07, 6.45) is 4.12. The lowest BCUT2D eigenvalue weighted by Gasteiger charge is -2.38. The average Bonchev–Trinajstić information content (AvgIpc) is 3.14. The minimum atomic E-state index is -0.722. The topological polar surface area (TPSA) is 69.6 Å². The van der Waals surface area contributed by atoms with Gasteiger partial charge in [0.25, 0.3) is 0 Å². The van der Waals surface area contributed by atoms with E-state index in [1.165, 1.54) is 12.8 Å². The summed E-state index contributed by atoms with van der Waals surface area (Å²) in [5.41, 5.74) is -0.320. The van der Waals surface area contributed by atoms with Gasteiger partial charge in [0.15, 0.2) is 0 Å². The number of urea groups is 1. The molecule has 0 spiro atoms. The van der Waals surface area contributed by atoms with Crippen molar-refractivity contribution in [1.82, 2.24) is 10.2 Å². The van der Waals surface area contributed by atoms with Gasteiger partial charge in [0.05, 0.1) is 5.41 Å². The second-order valence-electron chi connectivity index (χ2n) is 6.40. The molecule has 2 aliphatic rings. The first kappa shape index (κ1) is 14.2. The van der Waals surface area contributed by atoms with Gasteiger partial charge in [-0.25, -0.2) is 4.79 Å². The third-order valence-corrected chi connectivity index (χ3v) is 4.91. The van der Waals surface area contributed by atoms with Crippen LogP contribution in [0.3, 0.4) is 0 Å². The van der Waals surface area contributed by atoms with Gasteiger partial charge >= 0.3 is 12.0 Å². The highest BCUT2D eigenvalue weighted by atomic mass is 16.4. The number of rotatable bonds is 4. The Morgan fingerprint density at radius 3 is 2.21 bits per heavy atom. The van der Waals surface area contributed by atoms with E-state index < -0.39 is 11.4 Å². The predicted molar refractivity (Wildman–Crippen MR) is 71.9 cm³/mol. The van der Waals surface area contributed by atoms with Gasteiger partial charge in [-0.1, -0.05) is 13.8 Å². The molecule has 2 fully saturated rings. The normalized spacial score (nSPS) is 23.8. The van der Waals surface area contributed by atoms with Gasteiger partial charge in [0, 0.05) is 19.6 Å². The van der Waals surface area contributed by atoms with Crippen LogP contribution in [0, 0.1) is 10.8 Å². The molecule has 1 saturated carbocycles. The molecule has 0 bridgehead atoms. The Hall–Kier alpha value is -1.26. The van der Waals surface area contributed by atoms with E-state index in [9.17, 15) is 14.7 Å². The SMILES string of the molecule is CCC1(C(=O)O)CCN(C(=O)NCC2(C)CC2)CC1. The molecule has 0 aromatic heterocycles. The maximum absolute atomic E-state index is 12.0. The zero-order chi connectivity index (χ0) is 14.1. The van der Waals surface area contributed by atoms with Crippen molar-refractivity contribution in [3.63, 3.8) is 0 Å². The first-order valence-electron chi connectivity index (χ1n) is 7.17. The molecule has 1 aliphatic heterocycles. The van der Waals surface area contributed by atoms with Crippen LogP contribution in [-0.4, -0.2) is 41.6 Å². The zero-order valence-corrected chi connectivity index (χ0v) is 11.9. The summed E-state index contributed by atoms with van der Waals surface area (Å²) in [6.45, 7) is 5.92. The van der Waals surface area contributed by atoms with Gasteiger partial charge in [0.1, 0.15) is 0 Å². The number of piperidine rings is 1. The molecule has 1 saturated heterocycles. The number of hydrogen-bond acceptors (Lipinski definition) is 2. The summed E-state index contributed by atoms with van der Waals surface area (Å²) in [5, 5.41) is 12.3. The molecule has 5 heteroatoms. The van der Waals surface area contributed by atoms with Crippen LogP contribution < -0.4 is 5.32 Å². The molecular weight excluding hydrogens is 244 g/mol. The van der Waals surface area contributed by atoms with Crippen LogP contribution in [0.1, 0.15) is 46.0 Å². The third-order valence-electron chi connectivity index (χ3n) is 4.91. The Bertz CT molecular complexity index is 369. The van der Waals surface area contributed by atoms with E-state index in [1.54, 1.807) is 4.90 Å². The molecule has 2 rings (SSSR count). The predicted octanol–water partition coefficient (Wildman–Crippen LogP) is 2.07. The fraction of sp³-hybridized carbons (Fsp3) is 0.857. The van der Waals surface area contributed by atoms with Gasteiger partial charge in [0.2, 0.25) is 0 Å². The van der Waals surface area contributed by atoms with Crippen molar-refractivity contribution in [1.29, 1.82) is 0 Å². The molecule has 2 amide bonds. The Kier molecular flexibility index (Phi) is 3.74. The number of nitrogens with zero attached hydrogens (tertiary/aromatic N) is 1. The van der Waals surface area contributed by atoms with E-state index in [4.69, 9.17) is 0 Å². The average molecular weight is 268 g/mol. The van der Waals surface area contributed by atoms with Gasteiger partial charge in [-0.2, -0.15) is 0 Å². The Morgan fingerprint density at radius 2 is 1.79 bits per heavy atom. The number of aliphatic carboxylic acids is 1. The Balaban J connectivity index is 1.82. The summed E-state index contributed by atoms with van der Waals surface area (Å²) < 4.78 is 0. The number of carboxylic acids is 1. The Labute approximate surface area is 114 Å². The molecule has 108 valence electrons. The Morgan fingerprint density at radius 1 is 1.21 bits per heavy atom. The summed E-state index contributed by atoms with van der Waals surface area (Å²) in [4.78, 5) is 25.1. The quantitative estimate of drug-likeness (QED) is 0.820. The fourth-order valence-electron chi connectivity index (χ4n) is 2.65. The first-order valence-corrected chi connectivity index (χ1v) is 7.17. The van der Waals surface area contributed by atoms with Crippen LogP contribution in [0.5, 0.6) is 0 Å². The lowest BCUT2D eigenvalue weighted by atomic mass is 9.76. The summed E-state index contributed by atoms with van der Waals surface area (Å²) >= 11 is 0. The minimum Gasteiger partial charge on any atom is -0.481 e. The van der Waals surface area contributed by atoms with Gasteiger partial charge in [-0.15, -0.1) is 0 Å². The molecule has 1 aliphatic carbocycles. The van der Waals surface area contributed by atoms with Crippen LogP contribution in [-0.2, 0) is 4.79 Å². The standard InChI is InChI=1S/C14H24N2O3/c1-3-14(11(17)18)6-8-16(9-7-14)12(19)15-10-13(2)4-5-13/h3-10H2,1-2H3,(H,15,19)(H,17,18). The van der Waals surface area contributed by atoms with Crippen LogP contribution in [0.2, 0.25) is 0 Å². The summed E-state index contributed by atoms with van der Waals surface area (Å²) in [7, 11) is 0. The lowest BCUT2D eigenvalue weighted by Crippen LogP contribution is -2.50. The smallest absolute Gasteiger partial charge is 0.317 e. The number of likely N-dealkylation sites (tertiary alicyclic amines) is 1. The highest BCUT2D eigenvalue weighted by Gasteiger charge is 2.41. The van der Waals surface area contributed by atoms with Gasteiger partial charge < -0.3 is 15.3 Å². The van der Waals surface area contributed by atoms with Crippen molar-refractivity contribution < 1.29 is 14.7 Å². The molecule has 19 heavy (non-hydrogen) atoms. The monoisotopic (exact) mass is 268 g/mol. The second kappa shape index (κ2) is 5.02. The third kappa shape index (κ3) is 3.01. The van der Waals surface area contributed by atoms with Crippen molar-refractivity contribution in [2.45, 2.75) is 46.0 Å². The molecule has 0 aromatic rings. The van der Waals surface area contributed by atoms with Crippen molar-refractivity contribution in [3.05, 3.63) is 0 Å². The van der Waals surface area contributed by atoms with E-state index in [2.05, 4.69) is 12.2 Å². The molecule has 0 radical (unpaired) electrons. The zero-order valence-electron chi connectivity index (χ0n) is 11.9. The van der Waals surface area contributed by atoms with Crippen LogP contribution in [0.4, 0.5) is 4.79 Å². The molecule has 5 nitrogen and oxygen atoms in total. The number of carbonyl (C=O) groups excluding carboxylic acids is 1. The van der Waals surface area contributed by atoms with Crippen LogP contribution in [0.15, 0.2) is 0 Å². The number of carboxylic acid groups (broad SMARTS) is 1. The van der Waals surface area contributed by atoms with Crippen molar-refractivity contribution in [2.75, 3.05) is 19.6 Å². The molecule has 0 unspecified atom stereocenters. The summed E-state index contributed by atoms with van der Waals surface area (Å²) in [6, 6.07) is -0.0387.